The van der Waals surface area contributed by atoms with Crippen LogP contribution in [0.15, 0.2) is 24.3 Å². The summed E-state index contributed by atoms with van der Waals surface area (Å²) in [6.45, 7) is 13.5. The van der Waals surface area contributed by atoms with Gasteiger partial charge in [0.2, 0.25) is 0 Å². The molecule has 0 aromatic heterocycles. The Morgan fingerprint density at radius 2 is 1.95 bits per heavy atom. The van der Waals surface area contributed by atoms with Crippen LogP contribution in [0.25, 0.3) is 0 Å². The summed E-state index contributed by atoms with van der Waals surface area (Å²) in [6.07, 6.45) is 1.17. The standard InChI is InChI=1S/C17H30N2/c1-7-19(15-10-8-9-14(2)13-15)12-11-16(18-6)17(3,4)5/h8-10,13,16,18H,7,11-12H2,1-6H3. The number of anilines is 1. The summed E-state index contributed by atoms with van der Waals surface area (Å²) in [6, 6.07) is 9.33. The van der Waals surface area contributed by atoms with Gasteiger partial charge in [0.25, 0.3) is 0 Å². The van der Waals surface area contributed by atoms with Crippen LogP contribution in [0, 0.1) is 12.3 Å². The molecule has 1 N–H and O–H groups in total. The quantitative estimate of drug-likeness (QED) is 0.838. The molecule has 1 aromatic rings. The van der Waals surface area contributed by atoms with E-state index in [1.165, 1.54) is 17.7 Å². The average Bonchev–Trinajstić information content (AvgIpc) is 2.33. The van der Waals surface area contributed by atoms with Crippen molar-refractivity contribution in [2.24, 2.45) is 5.41 Å². The Labute approximate surface area is 119 Å². The van der Waals surface area contributed by atoms with E-state index in [1.807, 2.05) is 0 Å². The molecule has 1 rings (SSSR count). The van der Waals surface area contributed by atoms with Crippen molar-refractivity contribution in [3.8, 4) is 0 Å². The SMILES string of the molecule is CCN(CCC(NC)C(C)(C)C)c1cccc(C)c1. The fraction of sp³-hybridized carbons (Fsp3) is 0.647. The molecule has 0 aliphatic carbocycles. The fourth-order valence-corrected chi connectivity index (χ4v) is 2.59. The molecule has 0 amide bonds. The highest BCUT2D eigenvalue weighted by atomic mass is 15.1. The highest BCUT2D eigenvalue weighted by Gasteiger charge is 2.23. The van der Waals surface area contributed by atoms with Crippen LogP contribution in [0.4, 0.5) is 5.69 Å². The number of nitrogens with one attached hydrogen (secondary N) is 1. The average molecular weight is 262 g/mol. The zero-order valence-electron chi connectivity index (χ0n) is 13.5. The normalized spacial score (nSPS) is 13.4. The highest BCUT2D eigenvalue weighted by Crippen LogP contribution is 2.23. The van der Waals surface area contributed by atoms with Gasteiger partial charge >= 0.3 is 0 Å². The number of hydrogen-bond donors (Lipinski definition) is 1. The van der Waals surface area contributed by atoms with E-state index < -0.39 is 0 Å². The molecule has 19 heavy (non-hydrogen) atoms. The molecular weight excluding hydrogens is 232 g/mol. The maximum Gasteiger partial charge on any atom is 0.0368 e. The second-order valence-electron chi connectivity index (χ2n) is 6.41. The summed E-state index contributed by atoms with van der Waals surface area (Å²) in [4.78, 5) is 2.46. The molecule has 0 aliphatic rings. The van der Waals surface area contributed by atoms with Gasteiger partial charge in [-0.3, -0.25) is 0 Å². The first-order chi connectivity index (χ1) is 8.88. The van der Waals surface area contributed by atoms with Gasteiger partial charge in [-0.2, -0.15) is 0 Å². The van der Waals surface area contributed by atoms with Crippen molar-refractivity contribution in [3.63, 3.8) is 0 Å². The minimum atomic E-state index is 0.306. The minimum absolute atomic E-state index is 0.306. The lowest BCUT2D eigenvalue weighted by atomic mass is 9.85. The minimum Gasteiger partial charge on any atom is -0.372 e. The van der Waals surface area contributed by atoms with Crippen molar-refractivity contribution >= 4 is 5.69 Å². The van der Waals surface area contributed by atoms with E-state index in [1.54, 1.807) is 0 Å². The number of nitrogens with zero attached hydrogens (tertiary/aromatic N) is 1. The Hall–Kier alpha value is -1.02. The Morgan fingerprint density at radius 3 is 2.42 bits per heavy atom. The van der Waals surface area contributed by atoms with Gasteiger partial charge in [0.15, 0.2) is 0 Å². The smallest absolute Gasteiger partial charge is 0.0368 e. The molecule has 0 saturated heterocycles. The fourth-order valence-electron chi connectivity index (χ4n) is 2.59. The van der Waals surface area contributed by atoms with E-state index in [9.17, 15) is 0 Å². The van der Waals surface area contributed by atoms with Crippen molar-refractivity contribution < 1.29 is 0 Å². The van der Waals surface area contributed by atoms with Gasteiger partial charge in [-0.15, -0.1) is 0 Å². The van der Waals surface area contributed by atoms with E-state index >= 15 is 0 Å². The van der Waals surface area contributed by atoms with E-state index in [0.29, 0.717) is 11.5 Å². The molecule has 0 bridgehead atoms. The van der Waals surface area contributed by atoms with Crippen molar-refractivity contribution in [1.29, 1.82) is 0 Å². The first-order valence-corrected chi connectivity index (χ1v) is 7.37. The second kappa shape index (κ2) is 6.95. The lowest BCUT2D eigenvalue weighted by molar-refractivity contribution is 0.269. The third-order valence-corrected chi connectivity index (χ3v) is 3.83. The van der Waals surface area contributed by atoms with E-state index in [-0.39, 0.29) is 0 Å². The lowest BCUT2D eigenvalue weighted by Crippen LogP contribution is -2.41. The summed E-state index contributed by atoms with van der Waals surface area (Å²) < 4.78 is 0. The van der Waals surface area contributed by atoms with Gasteiger partial charge in [-0.1, -0.05) is 32.9 Å². The van der Waals surface area contributed by atoms with Crippen LogP contribution in [-0.2, 0) is 0 Å². The Kier molecular flexibility index (Phi) is 5.86. The van der Waals surface area contributed by atoms with E-state index in [2.05, 4.69) is 76.1 Å². The highest BCUT2D eigenvalue weighted by molar-refractivity contribution is 5.48. The summed E-state index contributed by atoms with van der Waals surface area (Å²) in [5.41, 5.74) is 2.98. The molecule has 0 radical (unpaired) electrons. The second-order valence-corrected chi connectivity index (χ2v) is 6.41. The van der Waals surface area contributed by atoms with Crippen LogP contribution in [0.3, 0.4) is 0 Å². The van der Waals surface area contributed by atoms with E-state index in [4.69, 9.17) is 0 Å². The van der Waals surface area contributed by atoms with Crippen LogP contribution in [0.5, 0.6) is 0 Å². The molecule has 0 saturated carbocycles. The first-order valence-electron chi connectivity index (χ1n) is 7.37. The Morgan fingerprint density at radius 1 is 1.26 bits per heavy atom. The molecule has 0 heterocycles. The van der Waals surface area contributed by atoms with Gasteiger partial charge in [0, 0.05) is 24.8 Å². The lowest BCUT2D eigenvalue weighted by Gasteiger charge is -2.33. The van der Waals surface area contributed by atoms with Gasteiger partial charge in [-0.05, 0) is 50.4 Å². The van der Waals surface area contributed by atoms with Crippen LogP contribution in [0.1, 0.15) is 39.7 Å². The predicted molar refractivity (Wildman–Crippen MR) is 86.0 cm³/mol. The third kappa shape index (κ3) is 4.87. The van der Waals surface area contributed by atoms with Gasteiger partial charge in [0.1, 0.15) is 0 Å². The van der Waals surface area contributed by atoms with E-state index in [0.717, 1.165) is 13.1 Å². The maximum absolute atomic E-state index is 3.46. The largest absolute Gasteiger partial charge is 0.372 e. The zero-order chi connectivity index (χ0) is 14.5. The van der Waals surface area contributed by atoms with Crippen molar-refractivity contribution in [2.75, 3.05) is 25.0 Å². The Bertz CT molecular complexity index is 379. The van der Waals surface area contributed by atoms with Crippen molar-refractivity contribution in [1.82, 2.24) is 5.32 Å². The topological polar surface area (TPSA) is 15.3 Å². The number of benzene rings is 1. The summed E-state index contributed by atoms with van der Waals surface area (Å²) in [5, 5.41) is 3.46. The van der Waals surface area contributed by atoms with Crippen LogP contribution in [0.2, 0.25) is 0 Å². The molecule has 1 aromatic carbocycles. The summed E-state index contributed by atoms with van der Waals surface area (Å²) in [5.74, 6) is 0. The summed E-state index contributed by atoms with van der Waals surface area (Å²) in [7, 11) is 2.07. The Balaban J connectivity index is 2.68. The first kappa shape index (κ1) is 16.0. The molecule has 0 spiro atoms. The molecule has 2 heteroatoms. The predicted octanol–water partition coefficient (Wildman–Crippen LogP) is 3.85. The third-order valence-electron chi connectivity index (χ3n) is 3.83. The van der Waals surface area contributed by atoms with Crippen LogP contribution >= 0.6 is 0 Å². The molecular formula is C17H30N2. The van der Waals surface area contributed by atoms with Gasteiger partial charge < -0.3 is 10.2 Å². The number of rotatable bonds is 6. The number of hydrogen-bond acceptors (Lipinski definition) is 2. The molecule has 1 atom stereocenters. The van der Waals surface area contributed by atoms with Crippen LogP contribution < -0.4 is 10.2 Å². The molecule has 0 fully saturated rings. The monoisotopic (exact) mass is 262 g/mol. The maximum atomic E-state index is 3.46. The molecule has 2 nitrogen and oxygen atoms in total. The molecule has 0 aliphatic heterocycles. The van der Waals surface area contributed by atoms with Gasteiger partial charge in [0.05, 0.1) is 0 Å². The molecule has 1 unspecified atom stereocenters. The molecule has 108 valence electrons. The zero-order valence-corrected chi connectivity index (χ0v) is 13.5. The van der Waals surface area contributed by atoms with Crippen molar-refractivity contribution in [3.05, 3.63) is 29.8 Å². The summed E-state index contributed by atoms with van der Waals surface area (Å²) >= 11 is 0. The van der Waals surface area contributed by atoms with Gasteiger partial charge in [-0.25, -0.2) is 0 Å². The van der Waals surface area contributed by atoms with Crippen LogP contribution in [-0.4, -0.2) is 26.2 Å². The number of aryl methyl sites for hydroxylation is 1. The van der Waals surface area contributed by atoms with Crippen molar-refractivity contribution in [2.45, 2.75) is 47.1 Å².